The molecule has 3 amide bonds. The summed E-state index contributed by atoms with van der Waals surface area (Å²) >= 11 is 0. The topological polar surface area (TPSA) is 148 Å². The maximum Gasteiger partial charge on any atom is 0.270 e. The second kappa shape index (κ2) is 6.57. The fourth-order valence-corrected chi connectivity index (χ4v) is 1.68. The number of carbonyl (C=O) groups excluding carboxylic acids is 3. The zero-order chi connectivity index (χ0) is 16.2. The number of phenolic OH excluding ortho intramolecular Hbond substituents is 2. The van der Waals surface area contributed by atoms with Crippen LogP contribution in [-0.4, -0.2) is 33.1 Å². The molecule has 0 aliphatic carbocycles. The summed E-state index contributed by atoms with van der Waals surface area (Å²) < 4.78 is 0. The monoisotopic (exact) mass is 297 g/mol. The lowest BCUT2D eigenvalue weighted by atomic mass is 10.0. The van der Waals surface area contributed by atoms with Crippen molar-refractivity contribution in [2.24, 2.45) is 0 Å². The first-order valence-corrected chi connectivity index (χ1v) is 5.81. The van der Waals surface area contributed by atoms with E-state index in [4.69, 9.17) is 5.21 Å². The van der Waals surface area contributed by atoms with Gasteiger partial charge in [-0.05, 0) is 12.1 Å². The normalized spacial score (nSPS) is 11.4. The largest absolute Gasteiger partial charge is 0.506 e. The molecule has 0 saturated heterocycles. The third kappa shape index (κ3) is 3.83. The van der Waals surface area contributed by atoms with Gasteiger partial charge in [0.25, 0.3) is 5.91 Å². The molecule has 0 heterocycles. The van der Waals surface area contributed by atoms with Crippen LogP contribution in [0.4, 0.5) is 5.69 Å². The maximum atomic E-state index is 11.6. The van der Waals surface area contributed by atoms with Crippen LogP contribution in [0.5, 0.6) is 11.5 Å². The first-order chi connectivity index (χ1) is 9.77. The summed E-state index contributed by atoms with van der Waals surface area (Å²) in [6.07, 6.45) is 0. The molecule has 1 unspecified atom stereocenters. The third-order valence-corrected chi connectivity index (χ3v) is 2.52. The van der Waals surface area contributed by atoms with Crippen molar-refractivity contribution in [3.63, 3.8) is 0 Å². The highest BCUT2D eigenvalue weighted by molar-refractivity contribution is 5.94. The molecule has 1 aromatic rings. The number of rotatable bonds is 4. The van der Waals surface area contributed by atoms with Gasteiger partial charge >= 0.3 is 0 Å². The number of nitrogens with one attached hydrogen (secondary N) is 3. The molecule has 0 saturated carbocycles. The van der Waals surface area contributed by atoms with E-state index in [-0.39, 0.29) is 11.3 Å². The number of benzene rings is 1. The van der Waals surface area contributed by atoms with E-state index in [9.17, 15) is 24.6 Å². The van der Waals surface area contributed by atoms with E-state index < -0.39 is 35.3 Å². The van der Waals surface area contributed by atoms with Crippen LogP contribution >= 0.6 is 0 Å². The van der Waals surface area contributed by atoms with Gasteiger partial charge in [-0.1, -0.05) is 0 Å². The number of carbonyl (C=O) groups is 3. The Hall–Kier alpha value is -2.81. The highest BCUT2D eigenvalue weighted by Crippen LogP contribution is 2.38. The Morgan fingerprint density at radius 1 is 1.10 bits per heavy atom. The molecule has 21 heavy (non-hydrogen) atoms. The lowest BCUT2D eigenvalue weighted by Crippen LogP contribution is -2.38. The van der Waals surface area contributed by atoms with Gasteiger partial charge in [0.15, 0.2) is 0 Å². The molecular formula is C12H15N3O6. The molecule has 0 fully saturated rings. The lowest BCUT2D eigenvalue weighted by Gasteiger charge is -2.19. The minimum Gasteiger partial charge on any atom is -0.506 e. The highest BCUT2D eigenvalue weighted by Gasteiger charge is 2.26. The van der Waals surface area contributed by atoms with Crippen LogP contribution in [0.25, 0.3) is 0 Å². The van der Waals surface area contributed by atoms with Crippen LogP contribution in [0.2, 0.25) is 0 Å². The van der Waals surface area contributed by atoms with Crippen LogP contribution in [0.15, 0.2) is 12.1 Å². The minimum absolute atomic E-state index is 0.113. The molecule has 0 aliphatic rings. The molecule has 1 aromatic carbocycles. The van der Waals surface area contributed by atoms with Gasteiger partial charge in [-0.25, -0.2) is 5.48 Å². The van der Waals surface area contributed by atoms with E-state index in [1.54, 1.807) is 0 Å². The molecule has 0 aromatic heterocycles. The fourth-order valence-electron chi connectivity index (χ4n) is 1.68. The molecule has 1 atom stereocenters. The molecule has 1 rings (SSSR count). The first-order valence-electron chi connectivity index (χ1n) is 5.81. The van der Waals surface area contributed by atoms with E-state index in [0.717, 1.165) is 19.9 Å². The van der Waals surface area contributed by atoms with Crippen molar-refractivity contribution in [3.8, 4) is 11.5 Å². The van der Waals surface area contributed by atoms with Crippen molar-refractivity contribution in [2.45, 2.75) is 19.9 Å². The number of hydroxylamine groups is 1. The molecule has 0 spiro atoms. The summed E-state index contributed by atoms with van der Waals surface area (Å²) in [5.41, 5.74) is 0.939. The summed E-state index contributed by atoms with van der Waals surface area (Å²) in [6.45, 7) is 2.31. The van der Waals surface area contributed by atoms with Crippen LogP contribution in [-0.2, 0) is 14.4 Å². The summed E-state index contributed by atoms with van der Waals surface area (Å²) in [6, 6.07) is 0.895. The van der Waals surface area contributed by atoms with Crippen molar-refractivity contribution in [1.29, 1.82) is 0 Å². The molecule has 0 aliphatic heterocycles. The molecule has 114 valence electrons. The second-order valence-corrected chi connectivity index (χ2v) is 4.19. The molecule has 9 heteroatoms. The summed E-state index contributed by atoms with van der Waals surface area (Å²) in [5, 5.41) is 32.8. The van der Waals surface area contributed by atoms with Gasteiger partial charge in [-0.3, -0.25) is 19.6 Å². The average Bonchev–Trinajstić information content (AvgIpc) is 2.40. The Labute approximate surface area is 119 Å². The Balaban J connectivity index is 3.35. The standard InChI is InChI=1S/C12H15N3O6/c1-5(16)13-9(12(20)15-21)7-3-4-8(18)10(11(7)19)14-6(2)17/h3-4,9,18-19,21H,1-2H3,(H,13,16)(H,14,17)(H,15,20). The van der Waals surface area contributed by atoms with Crippen molar-refractivity contribution in [2.75, 3.05) is 5.32 Å². The Morgan fingerprint density at radius 2 is 1.71 bits per heavy atom. The van der Waals surface area contributed by atoms with Crippen LogP contribution in [0.3, 0.4) is 0 Å². The van der Waals surface area contributed by atoms with Crippen molar-refractivity contribution >= 4 is 23.4 Å². The zero-order valence-corrected chi connectivity index (χ0v) is 11.3. The predicted octanol–water partition coefficient (Wildman–Crippen LogP) is -0.261. The predicted molar refractivity (Wildman–Crippen MR) is 70.6 cm³/mol. The van der Waals surface area contributed by atoms with E-state index >= 15 is 0 Å². The van der Waals surface area contributed by atoms with Crippen molar-refractivity contribution in [1.82, 2.24) is 10.8 Å². The SMILES string of the molecule is CC(=O)Nc1c(O)ccc(C(NC(C)=O)C(=O)NO)c1O. The van der Waals surface area contributed by atoms with E-state index in [1.165, 1.54) is 11.5 Å². The number of amides is 3. The Kier molecular flexibility index (Phi) is 5.08. The minimum atomic E-state index is -1.40. The van der Waals surface area contributed by atoms with Crippen LogP contribution in [0.1, 0.15) is 25.5 Å². The van der Waals surface area contributed by atoms with Crippen LogP contribution < -0.4 is 16.1 Å². The van der Waals surface area contributed by atoms with Crippen molar-refractivity contribution < 1.29 is 29.8 Å². The highest BCUT2D eigenvalue weighted by atomic mass is 16.5. The van der Waals surface area contributed by atoms with E-state index in [1.807, 2.05) is 0 Å². The van der Waals surface area contributed by atoms with Gasteiger partial charge in [0.2, 0.25) is 11.8 Å². The molecule has 0 radical (unpaired) electrons. The zero-order valence-electron chi connectivity index (χ0n) is 11.3. The fraction of sp³-hybridized carbons (Fsp3) is 0.250. The number of aromatic hydroxyl groups is 2. The lowest BCUT2D eigenvalue weighted by molar-refractivity contribution is -0.134. The quantitative estimate of drug-likeness (QED) is 0.256. The Morgan fingerprint density at radius 3 is 2.19 bits per heavy atom. The summed E-state index contributed by atoms with van der Waals surface area (Å²) in [4.78, 5) is 33.7. The van der Waals surface area contributed by atoms with Crippen LogP contribution in [0, 0.1) is 0 Å². The second-order valence-electron chi connectivity index (χ2n) is 4.19. The van der Waals surface area contributed by atoms with E-state index in [0.29, 0.717) is 0 Å². The van der Waals surface area contributed by atoms with E-state index in [2.05, 4.69) is 10.6 Å². The first kappa shape index (κ1) is 16.2. The maximum absolute atomic E-state index is 11.6. The van der Waals surface area contributed by atoms with Gasteiger partial charge in [0.05, 0.1) is 0 Å². The molecule has 6 N–H and O–H groups in total. The van der Waals surface area contributed by atoms with Gasteiger partial charge < -0.3 is 20.8 Å². The molecule has 0 bridgehead atoms. The van der Waals surface area contributed by atoms with Gasteiger partial charge in [-0.2, -0.15) is 0 Å². The number of hydrogen-bond donors (Lipinski definition) is 6. The van der Waals surface area contributed by atoms with Gasteiger partial charge in [0, 0.05) is 19.4 Å². The van der Waals surface area contributed by atoms with Crippen molar-refractivity contribution in [3.05, 3.63) is 17.7 Å². The summed E-state index contributed by atoms with van der Waals surface area (Å²) in [7, 11) is 0. The number of hydrogen-bond acceptors (Lipinski definition) is 6. The molecule has 9 nitrogen and oxygen atoms in total. The average molecular weight is 297 g/mol. The Bertz CT molecular complexity index is 587. The smallest absolute Gasteiger partial charge is 0.270 e. The van der Waals surface area contributed by atoms with Gasteiger partial charge in [-0.15, -0.1) is 0 Å². The number of phenols is 2. The third-order valence-electron chi connectivity index (χ3n) is 2.52. The number of anilines is 1. The summed E-state index contributed by atoms with van der Waals surface area (Å²) in [5.74, 6) is -3.16. The molecular weight excluding hydrogens is 282 g/mol. The van der Waals surface area contributed by atoms with Gasteiger partial charge in [0.1, 0.15) is 23.2 Å².